The molecule has 0 aromatic heterocycles. The fraction of sp³-hybridized carbons (Fsp3) is 0.562. The third-order valence-electron chi connectivity index (χ3n) is 7.13. The highest BCUT2D eigenvalue weighted by atomic mass is 32.2. The first-order valence-corrected chi connectivity index (χ1v) is 15.9. The summed E-state index contributed by atoms with van der Waals surface area (Å²) in [6.45, 7) is 1.46. The molecule has 0 radical (unpaired) electrons. The van der Waals surface area contributed by atoms with Gasteiger partial charge < -0.3 is 18.9 Å². The molecule has 0 N–H and O–H groups in total. The fourth-order valence-corrected chi connectivity index (χ4v) is 6.61. The van der Waals surface area contributed by atoms with E-state index in [9.17, 15) is 18.0 Å². The Kier molecular flexibility index (Phi) is 15.7. The Labute approximate surface area is 245 Å². The highest BCUT2D eigenvalue weighted by molar-refractivity contribution is 7.91. The minimum Gasteiger partial charge on any atom is -0.465 e. The normalized spacial score (nSPS) is 11.4. The van der Waals surface area contributed by atoms with Crippen molar-refractivity contribution in [2.24, 2.45) is 0 Å². The highest BCUT2D eigenvalue weighted by Gasteiger charge is 2.26. The molecule has 2 aromatic carbocycles. The molecular formula is C32H46O8S. The van der Waals surface area contributed by atoms with Crippen LogP contribution in [0.3, 0.4) is 0 Å². The van der Waals surface area contributed by atoms with Crippen molar-refractivity contribution in [2.45, 2.75) is 86.8 Å². The molecule has 0 fully saturated rings. The second-order valence-electron chi connectivity index (χ2n) is 10.2. The van der Waals surface area contributed by atoms with Gasteiger partial charge in [0.2, 0.25) is 9.84 Å². The van der Waals surface area contributed by atoms with Gasteiger partial charge in [-0.25, -0.2) is 18.0 Å². The lowest BCUT2D eigenvalue weighted by Gasteiger charge is -2.16. The lowest BCUT2D eigenvalue weighted by molar-refractivity contribution is 0.0591. The van der Waals surface area contributed by atoms with Gasteiger partial charge in [-0.05, 0) is 86.1 Å². The lowest BCUT2D eigenvalue weighted by atomic mass is 10.0. The average molecular weight is 591 g/mol. The van der Waals surface area contributed by atoms with Crippen molar-refractivity contribution in [3.05, 3.63) is 58.7 Å². The number of carbonyl (C=O) groups is 2. The van der Waals surface area contributed by atoms with Crippen molar-refractivity contribution < 1.29 is 37.0 Å². The molecule has 0 saturated heterocycles. The first kappa shape index (κ1) is 34.5. The molecule has 8 nitrogen and oxygen atoms in total. The van der Waals surface area contributed by atoms with Crippen molar-refractivity contribution in [1.82, 2.24) is 0 Å². The molecule has 41 heavy (non-hydrogen) atoms. The maximum absolute atomic E-state index is 14.1. The Hall–Kier alpha value is -2.75. The van der Waals surface area contributed by atoms with E-state index in [1.165, 1.54) is 38.5 Å². The summed E-state index contributed by atoms with van der Waals surface area (Å²) in [4.78, 5) is 24.9. The number of benzene rings is 2. The lowest BCUT2D eigenvalue weighted by Crippen LogP contribution is -2.12. The van der Waals surface area contributed by atoms with E-state index in [1.54, 1.807) is 26.4 Å². The number of carbonyl (C=O) groups excluding carboxylic acids is 2. The Balaban J connectivity index is 2.36. The monoisotopic (exact) mass is 590 g/mol. The van der Waals surface area contributed by atoms with E-state index in [-0.39, 0.29) is 9.79 Å². The van der Waals surface area contributed by atoms with Crippen LogP contribution < -0.4 is 0 Å². The van der Waals surface area contributed by atoms with Crippen LogP contribution in [0.5, 0.6) is 0 Å². The third kappa shape index (κ3) is 10.9. The molecule has 2 rings (SSSR count). The molecular weight excluding hydrogens is 544 g/mol. The summed E-state index contributed by atoms with van der Waals surface area (Å²) in [5.41, 5.74) is 1.81. The van der Waals surface area contributed by atoms with E-state index in [2.05, 4.69) is 0 Å². The molecule has 0 heterocycles. The first-order valence-electron chi connectivity index (χ1n) is 14.5. The number of hydrogen-bond donors (Lipinski definition) is 0. The Bertz CT molecular complexity index is 1120. The largest absolute Gasteiger partial charge is 0.465 e. The first-order chi connectivity index (χ1) is 19.8. The molecule has 2 aromatic rings. The van der Waals surface area contributed by atoms with Gasteiger partial charge in [0.15, 0.2) is 0 Å². The zero-order valence-electron chi connectivity index (χ0n) is 25.0. The predicted molar refractivity (Wildman–Crippen MR) is 158 cm³/mol. The van der Waals surface area contributed by atoms with Gasteiger partial charge in [-0.2, -0.15) is 0 Å². The van der Waals surface area contributed by atoms with Gasteiger partial charge in [-0.15, -0.1) is 0 Å². The van der Waals surface area contributed by atoms with E-state index < -0.39 is 21.8 Å². The third-order valence-corrected chi connectivity index (χ3v) is 9.09. The van der Waals surface area contributed by atoms with Crippen LogP contribution in [0.2, 0.25) is 0 Å². The molecule has 0 unspecified atom stereocenters. The molecule has 228 valence electrons. The van der Waals surface area contributed by atoms with E-state index in [4.69, 9.17) is 18.9 Å². The molecule has 0 aliphatic heterocycles. The summed E-state index contributed by atoms with van der Waals surface area (Å²) >= 11 is 0. The Morgan fingerprint density at radius 3 is 1.29 bits per heavy atom. The second kappa shape index (κ2) is 18.6. The zero-order valence-corrected chi connectivity index (χ0v) is 25.9. The minimum absolute atomic E-state index is 0.177. The van der Waals surface area contributed by atoms with Crippen molar-refractivity contribution in [3.8, 4) is 0 Å². The Morgan fingerprint density at radius 1 is 0.561 bits per heavy atom. The van der Waals surface area contributed by atoms with Crippen LogP contribution >= 0.6 is 0 Å². The summed E-state index contributed by atoms with van der Waals surface area (Å²) < 4.78 is 48.2. The fourth-order valence-electron chi connectivity index (χ4n) is 4.87. The number of unbranched alkanes of at least 4 members (excludes halogenated alkanes) is 8. The molecule has 0 bridgehead atoms. The van der Waals surface area contributed by atoms with Crippen LogP contribution in [0.25, 0.3) is 0 Å². The molecule has 0 amide bonds. The van der Waals surface area contributed by atoms with E-state index in [0.29, 0.717) is 35.1 Å². The molecule has 0 aliphatic carbocycles. The van der Waals surface area contributed by atoms with Crippen LogP contribution in [0.4, 0.5) is 0 Å². The van der Waals surface area contributed by atoms with Gasteiger partial charge in [0.25, 0.3) is 0 Å². The van der Waals surface area contributed by atoms with Gasteiger partial charge in [-0.3, -0.25) is 0 Å². The van der Waals surface area contributed by atoms with Crippen molar-refractivity contribution in [1.29, 1.82) is 0 Å². The van der Waals surface area contributed by atoms with E-state index >= 15 is 0 Å². The van der Waals surface area contributed by atoms with Gasteiger partial charge in [0.05, 0.1) is 35.1 Å². The maximum atomic E-state index is 14.1. The van der Waals surface area contributed by atoms with Gasteiger partial charge in [0, 0.05) is 27.4 Å². The molecule has 9 heteroatoms. The summed E-state index contributed by atoms with van der Waals surface area (Å²) in [6.07, 6.45) is 10.6. The minimum atomic E-state index is -3.95. The number of esters is 2. The number of rotatable bonds is 20. The molecule has 0 atom stereocenters. The van der Waals surface area contributed by atoms with Crippen molar-refractivity contribution >= 4 is 21.8 Å². The van der Waals surface area contributed by atoms with Crippen LogP contribution in [-0.2, 0) is 41.6 Å². The quantitative estimate of drug-likeness (QED) is 0.129. The number of methoxy groups -OCH3 is 4. The van der Waals surface area contributed by atoms with Crippen LogP contribution in [0.15, 0.2) is 46.2 Å². The SMILES string of the molecule is COCCCCCCCc1cc(C(=O)OC)ccc1S(=O)(=O)c1ccc(C(=O)OC)cc1CCCCCCCOC. The number of sulfone groups is 1. The summed E-state index contributed by atoms with van der Waals surface area (Å²) in [5, 5.41) is 0. The van der Waals surface area contributed by atoms with Crippen LogP contribution in [-0.4, -0.2) is 62.0 Å². The Morgan fingerprint density at radius 2 is 0.927 bits per heavy atom. The van der Waals surface area contributed by atoms with Gasteiger partial charge >= 0.3 is 11.9 Å². The number of ether oxygens (including phenoxy) is 4. The maximum Gasteiger partial charge on any atom is 0.337 e. The van der Waals surface area contributed by atoms with Gasteiger partial charge in [-0.1, -0.05) is 38.5 Å². The average Bonchev–Trinajstić information content (AvgIpc) is 2.99. The molecule has 0 spiro atoms. The van der Waals surface area contributed by atoms with E-state index in [1.807, 2.05) is 0 Å². The summed E-state index contributed by atoms with van der Waals surface area (Å²) in [7, 11) is 2.04. The predicted octanol–water partition coefficient (Wildman–Crippen LogP) is 6.37. The van der Waals surface area contributed by atoms with Crippen molar-refractivity contribution in [2.75, 3.05) is 41.7 Å². The zero-order chi connectivity index (χ0) is 30.1. The number of hydrogen-bond acceptors (Lipinski definition) is 8. The number of aryl methyl sites for hydroxylation is 2. The van der Waals surface area contributed by atoms with Crippen LogP contribution in [0.1, 0.15) is 96.1 Å². The van der Waals surface area contributed by atoms with Crippen molar-refractivity contribution in [3.63, 3.8) is 0 Å². The standard InChI is InChI=1S/C32H46O8S/c1-37-21-13-9-5-7-11-15-25-23-27(31(33)39-3)17-19-29(25)41(35,36)30-20-18-28(32(34)40-4)24-26(30)16-12-8-6-10-14-22-38-2/h17-20,23-24H,5-16,21-22H2,1-4H3. The van der Waals surface area contributed by atoms with Gasteiger partial charge in [0.1, 0.15) is 0 Å². The smallest absolute Gasteiger partial charge is 0.337 e. The van der Waals surface area contributed by atoms with Crippen LogP contribution in [0, 0.1) is 0 Å². The molecule has 0 saturated carbocycles. The molecule has 0 aliphatic rings. The van der Waals surface area contributed by atoms with E-state index in [0.717, 1.165) is 77.4 Å². The summed E-state index contributed by atoms with van der Waals surface area (Å²) in [5.74, 6) is -1.02. The highest BCUT2D eigenvalue weighted by Crippen LogP contribution is 2.31. The second-order valence-corrected chi connectivity index (χ2v) is 12.0. The summed E-state index contributed by atoms with van der Waals surface area (Å²) in [6, 6.07) is 9.26. The topological polar surface area (TPSA) is 105 Å².